The van der Waals surface area contributed by atoms with E-state index in [4.69, 9.17) is 39.5 Å². The molecule has 5 rings (SSSR count). The number of nitrogens with zero attached hydrogens (tertiary/aromatic N) is 5. The fourth-order valence-corrected chi connectivity index (χ4v) is 4.09. The molecule has 1 saturated heterocycles. The summed E-state index contributed by atoms with van der Waals surface area (Å²) < 4.78 is 6.17. The van der Waals surface area contributed by atoms with Crippen LogP contribution in [0.1, 0.15) is 40.5 Å². The molecule has 9 heteroatoms. The number of benzene rings is 2. The van der Waals surface area contributed by atoms with Gasteiger partial charge in [0.15, 0.2) is 0 Å². The Bertz CT molecular complexity index is 1170. The van der Waals surface area contributed by atoms with Crippen LogP contribution in [0.3, 0.4) is 0 Å². The molecule has 0 bridgehead atoms. The second-order valence-electron chi connectivity index (χ2n) is 7.11. The van der Waals surface area contributed by atoms with Crippen molar-refractivity contribution < 1.29 is 4.74 Å². The predicted molar refractivity (Wildman–Crippen MR) is 152 cm³/mol. The summed E-state index contributed by atoms with van der Waals surface area (Å²) in [6.45, 7) is 9.60. The number of ether oxygens (including phenoxy) is 1. The summed E-state index contributed by atoms with van der Waals surface area (Å²) in [6.07, 6.45) is 5.42. The Morgan fingerprint density at radius 1 is 0.833 bits per heavy atom. The van der Waals surface area contributed by atoms with Crippen LogP contribution in [-0.4, -0.2) is 39.1 Å². The maximum Gasteiger partial charge on any atom is 0.224 e. The van der Waals surface area contributed by atoms with E-state index in [9.17, 15) is 0 Å². The predicted octanol–water partition coefficient (Wildman–Crippen LogP) is 8.17. The zero-order valence-electron chi connectivity index (χ0n) is 21.0. The van der Waals surface area contributed by atoms with Crippen molar-refractivity contribution in [2.75, 3.05) is 18.1 Å². The smallest absolute Gasteiger partial charge is 0.224 e. The molecule has 0 aliphatic carbocycles. The second kappa shape index (κ2) is 16.1. The van der Waals surface area contributed by atoms with Crippen LogP contribution in [0.2, 0.25) is 15.7 Å². The van der Waals surface area contributed by atoms with Gasteiger partial charge in [0.1, 0.15) is 23.3 Å². The number of anilines is 1. The van der Waals surface area contributed by atoms with Gasteiger partial charge in [-0.3, -0.25) is 0 Å². The van der Waals surface area contributed by atoms with Crippen molar-refractivity contribution in [1.29, 1.82) is 0 Å². The van der Waals surface area contributed by atoms with Gasteiger partial charge < -0.3 is 9.64 Å². The normalized spacial score (nSPS) is 14.0. The molecule has 0 N–H and O–H groups in total. The molecule has 1 aliphatic rings. The first-order valence-electron chi connectivity index (χ1n) is 12.1. The number of halogens is 3. The van der Waals surface area contributed by atoms with Gasteiger partial charge in [0.2, 0.25) is 10.6 Å². The highest BCUT2D eigenvalue weighted by Gasteiger charge is 2.26. The third kappa shape index (κ3) is 8.77. The Labute approximate surface area is 228 Å². The van der Waals surface area contributed by atoms with Gasteiger partial charge in [-0.05, 0) is 59.6 Å². The van der Waals surface area contributed by atoms with E-state index in [2.05, 4.69) is 43.0 Å². The first-order chi connectivity index (χ1) is 17.6. The quantitative estimate of drug-likeness (QED) is 0.189. The van der Waals surface area contributed by atoms with Crippen molar-refractivity contribution in [2.45, 2.75) is 46.6 Å². The minimum Gasteiger partial charge on any atom is -0.491 e. The minimum absolute atomic E-state index is 0.178. The third-order valence-corrected chi connectivity index (χ3v) is 5.63. The van der Waals surface area contributed by atoms with Crippen LogP contribution in [0, 0.1) is 0 Å². The van der Waals surface area contributed by atoms with E-state index in [-0.39, 0.29) is 10.6 Å². The molecule has 1 aliphatic heterocycles. The number of fused-ring (bicyclic) bond motifs is 1. The first-order valence-corrected chi connectivity index (χ1v) is 13.2. The number of aromatic nitrogens is 4. The Hall–Kier alpha value is -2.67. The van der Waals surface area contributed by atoms with Crippen molar-refractivity contribution in [3.05, 3.63) is 82.7 Å². The Morgan fingerprint density at radius 3 is 2.17 bits per heavy atom. The molecule has 3 heterocycles. The van der Waals surface area contributed by atoms with Crippen molar-refractivity contribution in [2.24, 2.45) is 0 Å². The summed E-state index contributed by atoms with van der Waals surface area (Å²) >= 11 is 16.7. The van der Waals surface area contributed by atoms with Crippen LogP contribution in [0.4, 0.5) is 5.82 Å². The van der Waals surface area contributed by atoms with Crippen LogP contribution >= 0.6 is 34.8 Å². The molecule has 1 atom stereocenters. The molecule has 6 nitrogen and oxygen atoms in total. The number of hydrogen-bond acceptors (Lipinski definition) is 6. The largest absolute Gasteiger partial charge is 0.491 e. The summed E-state index contributed by atoms with van der Waals surface area (Å²) in [5, 5.41) is 3.17. The van der Waals surface area contributed by atoms with Gasteiger partial charge in [-0.2, -0.15) is 0 Å². The first kappa shape index (κ1) is 29.6. The van der Waals surface area contributed by atoms with Crippen molar-refractivity contribution in [3.8, 4) is 5.75 Å². The van der Waals surface area contributed by atoms with Crippen LogP contribution in [0.15, 0.2) is 67.0 Å². The molecule has 0 spiro atoms. The maximum absolute atomic E-state index is 6.17. The summed E-state index contributed by atoms with van der Waals surface area (Å²) in [7, 11) is 0. The highest BCUT2D eigenvalue weighted by Crippen LogP contribution is 2.28. The van der Waals surface area contributed by atoms with Gasteiger partial charge in [0.05, 0.1) is 6.04 Å². The molecule has 36 heavy (non-hydrogen) atoms. The van der Waals surface area contributed by atoms with E-state index in [1.165, 1.54) is 11.6 Å². The van der Waals surface area contributed by atoms with Gasteiger partial charge >= 0.3 is 0 Å². The fraction of sp³-hybridized carbons (Fsp3) is 0.333. The SMILES string of the molecule is CC.CC.Clc1ccnc(Cl)n1.Clc1nccc(N2CCC[C@@H]2COc2cccc3ccccc23)n1. The van der Waals surface area contributed by atoms with Crippen LogP contribution in [0.25, 0.3) is 10.8 Å². The highest BCUT2D eigenvalue weighted by atomic mass is 35.5. The average molecular weight is 549 g/mol. The molecule has 0 amide bonds. The highest BCUT2D eigenvalue weighted by molar-refractivity contribution is 6.31. The lowest BCUT2D eigenvalue weighted by Crippen LogP contribution is -2.34. The van der Waals surface area contributed by atoms with Crippen molar-refractivity contribution in [1.82, 2.24) is 19.9 Å². The van der Waals surface area contributed by atoms with Gasteiger partial charge in [0.25, 0.3) is 0 Å². The van der Waals surface area contributed by atoms with Crippen LogP contribution < -0.4 is 9.64 Å². The minimum atomic E-state index is 0.178. The maximum atomic E-state index is 6.17. The van der Waals surface area contributed by atoms with E-state index in [1.807, 2.05) is 58.0 Å². The summed E-state index contributed by atoms with van der Waals surface area (Å²) in [5.41, 5.74) is 0. The lowest BCUT2D eigenvalue weighted by atomic mass is 10.1. The summed E-state index contributed by atoms with van der Waals surface area (Å²) in [6, 6.07) is 18.2. The zero-order chi connectivity index (χ0) is 26.3. The lowest BCUT2D eigenvalue weighted by Gasteiger charge is -2.25. The molecule has 1 fully saturated rings. The molecule has 4 aromatic rings. The molecule has 192 valence electrons. The van der Waals surface area contributed by atoms with E-state index in [0.717, 1.165) is 36.3 Å². The summed E-state index contributed by atoms with van der Waals surface area (Å²) in [4.78, 5) is 17.8. The van der Waals surface area contributed by atoms with Gasteiger partial charge in [-0.15, -0.1) is 0 Å². The van der Waals surface area contributed by atoms with Gasteiger partial charge in [-0.1, -0.05) is 75.7 Å². The Morgan fingerprint density at radius 2 is 1.50 bits per heavy atom. The number of rotatable bonds is 4. The molecule has 2 aromatic heterocycles. The second-order valence-corrected chi connectivity index (χ2v) is 8.17. The topological polar surface area (TPSA) is 64.0 Å². The van der Waals surface area contributed by atoms with E-state index >= 15 is 0 Å². The Kier molecular flexibility index (Phi) is 13.3. The summed E-state index contributed by atoms with van der Waals surface area (Å²) in [5.74, 6) is 1.81. The van der Waals surface area contributed by atoms with Crippen molar-refractivity contribution in [3.63, 3.8) is 0 Å². The molecule has 0 radical (unpaired) electrons. The zero-order valence-corrected chi connectivity index (χ0v) is 23.3. The van der Waals surface area contributed by atoms with Crippen LogP contribution in [0.5, 0.6) is 5.75 Å². The third-order valence-electron chi connectivity index (χ3n) is 5.06. The lowest BCUT2D eigenvalue weighted by molar-refractivity contribution is 0.291. The molecule has 0 saturated carbocycles. The molecular weight excluding hydrogens is 517 g/mol. The van der Waals surface area contributed by atoms with Crippen molar-refractivity contribution >= 4 is 51.4 Å². The molecular formula is C27H32Cl3N5O. The monoisotopic (exact) mass is 547 g/mol. The van der Waals surface area contributed by atoms with Gasteiger partial charge in [-0.25, -0.2) is 19.9 Å². The van der Waals surface area contributed by atoms with Crippen LogP contribution in [-0.2, 0) is 0 Å². The molecule has 0 unspecified atom stereocenters. The van der Waals surface area contributed by atoms with Gasteiger partial charge in [0, 0.05) is 24.3 Å². The average Bonchev–Trinajstić information content (AvgIpc) is 3.39. The van der Waals surface area contributed by atoms with E-state index < -0.39 is 0 Å². The number of hydrogen-bond donors (Lipinski definition) is 0. The fourth-order valence-electron chi connectivity index (χ4n) is 3.62. The molecule has 2 aromatic carbocycles. The Balaban J connectivity index is 0.000000320. The standard InChI is InChI=1S/C19H18ClN3O.C4H2Cl2N2.2C2H6/c20-19-21-11-10-18(22-19)23-12-4-7-15(23)13-24-17-9-3-6-14-5-1-2-8-16(14)17;5-3-1-2-7-4(6)8-3;2*1-2/h1-3,5-6,8-11,15H,4,7,12-13H2;1-2H;2*1-2H3/t15-;;;/m1.../s1. The van der Waals surface area contributed by atoms with E-state index in [1.54, 1.807) is 12.3 Å². The van der Waals surface area contributed by atoms with E-state index in [0.29, 0.717) is 17.8 Å².